The van der Waals surface area contributed by atoms with Crippen molar-refractivity contribution in [1.82, 2.24) is 0 Å². The molecule has 0 aromatic heterocycles. The molecule has 0 radical (unpaired) electrons. The van der Waals surface area contributed by atoms with E-state index in [-0.39, 0.29) is 5.82 Å². The van der Waals surface area contributed by atoms with Crippen molar-refractivity contribution in [3.05, 3.63) is 30.1 Å². The highest BCUT2D eigenvalue weighted by Gasteiger charge is 2.39. The summed E-state index contributed by atoms with van der Waals surface area (Å²) in [6, 6.07) is 5.90. The van der Waals surface area contributed by atoms with E-state index in [1.54, 1.807) is 19.1 Å². The average molecular weight is 237 g/mol. The van der Waals surface area contributed by atoms with Crippen molar-refractivity contribution in [3.8, 4) is 0 Å². The first-order chi connectivity index (χ1) is 7.99. The molecule has 0 bridgehead atoms. The predicted octanol–water partition coefficient (Wildman–Crippen LogP) is 2.88. The number of anilines is 1. The monoisotopic (exact) mass is 237 g/mol. The first kappa shape index (κ1) is 11.9. The van der Waals surface area contributed by atoms with Crippen LogP contribution in [0.2, 0.25) is 0 Å². The zero-order valence-electron chi connectivity index (χ0n) is 9.74. The van der Waals surface area contributed by atoms with Crippen LogP contribution in [0, 0.1) is 11.7 Å². The summed E-state index contributed by atoms with van der Waals surface area (Å²) in [6.45, 7) is 1.65. The van der Waals surface area contributed by atoms with Gasteiger partial charge in [-0.1, -0.05) is 18.9 Å². The predicted molar refractivity (Wildman–Crippen MR) is 63.4 cm³/mol. The summed E-state index contributed by atoms with van der Waals surface area (Å²) in [4.78, 5) is 11.3. The first-order valence-electron chi connectivity index (χ1n) is 5.77. The molecule has 1 unspecified atom stereocenters. The minimum atomic E-state index is -1.02. The highest BCUT2D eigenvalue weighted by Crippen LogP contribution is 2.38. The Labute approximate surface area is 99.7 Å². The lowest BCUT2D eigenvalue weighted by Gasteiger charge is -2.27. The van der Waals surface area contributed by atoms with Gasteiger partial charge in [0.15, 0.2) is 0 Å². The van der Waals surface area contributed by atoms with Gasteiger partial charge in [0, 0.05) is 5.69 Å². The molecular formula is C13H16FNO2. The van der Waals surface area contributed by atoms with Gasteiger partial charge < -0.3 is 10.4 Å². The third-order valence-electron chi connectivity index (χ3n) is 3.11. The van der Waals surface area contributed by atoms with Gasteiger partial charge in [0.25, 0.3) is 0 Å². The maximum atomic E-state index is 13.0. The largest absolute Gasteiger partial charge is 0.480 e. The van der Waals surface area contributed by atoms with Crippen molar-refractivity contribution in [1.29, 1.82) is 0 Å². The van der Waals surface area contributed by atoms with E-state index in [4.69, 9.17) is 0 Å². The highest BCUT2D eigenvalue weighted by atomic mass is 19.1. The van der Waals surface area contributed by atoms with E-state index in [1.165, 1.54) is 12.1 Å². The maximum Gasteiger partial charge on any atom is 0.329 e. The molecule has 1 fully saturated rings. The summed E-state index contributed by atoms with van der Waals surface area (Å²) in [5.41, 5.74) is -0.509. The van der Waals surface area contributed by atoms with Crippen molar-refractivity contribution in [2.75, 3.05) is 5.32 Å². The van der Waals surface area contributed by atoms with Crippen molar-refractivity contribution < 1.29 is 14.3 Å². The summed E-state index contributed by atoms with van der Waals surface area (Å²) in [5.74, 6) is -0.778. The molecule has 2 N–H and O–H groups in total. The standard InChI is InChI=1S/C13H16FNO2/c1-13(12(16)17,8-9-5-6-9)15-11-4-2-3-10(14)7-11/h2-4,7,9,15H,5-6,8H2,1H3,(H,16,17). The van der Waals surface area contributed by atoms with Gasteiger partial charge in [-0.25, -0.2) is 9.18 Å². The van der Waals surface area contributed by atoms with Crippen molar-refractivity contribution >= 4 is 11.7 Å². The third-order valence-corrected chi connectivity index (χ3v) is 3.11. The van der Waals surface area contributed by atoms with Gasteiger partial charge in [-0.15, -0.1) is 0 Å². The molecule has 1 aromatic rings. The lowest BCUT2D eigenvalue weighted by Crippen LogP contribution is -2.43. The van der Waals surface area contributed by atoms with Crippen LogP contribution in [-0.2, 0) is 4.79 Å². The Balaban J connectivity index is 2.13. The first-order valence-corrected chi connectivity index (χ1v) is 5.77. The van der Waals surface area contributed by atoms with E-state index in [0.29, 0.717) is 18.0 Å². The summed E-state index contributed by atoms with van der Waals surface area (Å²) < 4.78 is 13.0. The molecule has 3 nitrogen and oxygen atoms in total. The van der Waals surface area contributed by atoms with Crippen LogP contribution >= 0.6 is 0 Å². The molecule has 0 heterocycles. The molecule has 0 spiro atoms. The number of nitrogens with one attached hydrogen (secondary N) is 1. The number of hydrogen-bond acceptors (Lipinski definition) is 2. The van der Waals surface area contributed by atoms with Crippen molar-refractivity contribution in [2.24, 2.45) is 5.92 Å². The van der Waals surface area contributed by atoms with E-state index in [9.17, 15) is 14.3 Å². The van der Waals surface area contributed by atoms with Gasteiger partial charge in [-0.05, 0) is 37.5 Å². The number of aliphatic carboxylic acids is 1. The topological polar surface area (TPSA) is 49.3 Å². The number of carboxylic acids is 1. The summed E-state index contributed by atoms with van der Waals surface area (Å²) in [5, 5.41) is 12.2. The van der Waals surface area contributed by atoms with Crippen molar-refractivity contribution in [2.45, 2.75) is 31.7 Å². The average Bonchev–Trinajstić information content (AvgIpc) is 3.01. The quantitative estimate of drug-likeness (QED) is 0.827. The molecule has 1 aliphatic rings. The van der Waals surface area contributed by atoms with Crippen LogP contribution in [0.25, 0.3) is 0 Å². The zero-order valence-corrected chi connectivity index (χ0v) is 9.74. The summed E-state index contributed by atoms with van der Waals surface area (Å²) in [6.07, 6.45) is 2.76. The number of carboxylic acid groups (broad SMARTS) is 1. The third kappa shape index (κ3) is 2.96. The van der Waals surface area contributed by atoms with Crippen LogP contribution in [-0.4, -0.2) is 16.6 Å². The highest BCUT2D eigenvalue weighted by molar-refractivity contribution is 5.82. The van der Waals surface area contributed by atoms with E-state index in [1.807, 2.05) is 0 Å². The molecule has 0 amide bonds. The number of carbonyl (C=O) groups is 1. The Morgan fingerprint density at radius 3 is 2.82 bits per heavy atom. The number of benzene rings is 1. The van der Waals surface area contributed by atoms with Crippen LogP contribution in [0.5, 0.6) is 0 Å². The molecular weight excluding hydrogens is 221 g/mol. The van der Waals surface area contributed by atoms with Crippen LogP contribution in [0.4, 0.5) is 10.1 Å². The lowest BCUT2D eigenvalue weighted by molar-refractivity contribution is -0.142. The van der Waals surface area contributed by atoms with Crippen LogP contribution in [0.3, 0.4) is 0 Å². The van der Waals surface area contributed by atoms with E-state index in [0.717, 1.165) is 12.8 Å². The molecule has 92 valence electrons. The van der Waals surface area contributed by atoms with E-state index < -0.39 is 11.5 Å². The molecule has 1 atom stereocenters. The van der Waals surface area contributed by atoms with Gasteiger partial charge in [0.2, 0.25) is 0 Å². The molecule has 0 aliphatic heterocycles. The van der Waals surface area contributed by atoms with Gasteiger partial charge in [-0.3, -0.25) is 0 Å². The fourth-order valence-corrected chi connectivity index (χ4v) is 1.98. The zero-order chi connectivity index (χ0) is 12.5. The fraction of sp³-hybridized carbons (Fsp3) is 0.462. The number of hydrogen-bond donors (Lipinski definition) is 2. The Hall–Kier alpha value is -1.58. The van der Waals surface area contributed by atoms with Gasteiger partial charge in [0.1, 0.15) is 11.4 Å². The SMILES string of the molecule is CC(CC1CC1)(Nc1cccc(F)c1)C(=O)O. The minimum absolute atomic E-state index is 0.367. The van der Waals surface area contributed by atoms with Crippen LogP contribution in [0.15, 0.2) is 24.3 Å². The van der Waals surface area contributed by atoms with E-state index >= 15 is 0 Å². The van der Waals surface area contributed by atoms with Crippen LogP contribution < -0.4 is 5.32 Å². The second kappa shape index (κ2) is 4.35. The normalized spacial score (nSPS) is 18.5. The molecule has 4 heteroatoms. The Morgan fingerprint density at radius 1 is 1.59 bits per heavy atom. The summed E-state index contributed by atoms with van der Waals surface area (Å²) >= 11 is 0. The minimum Gasteiger partial charge on any atom is -0.480 e. The fourth-order valence-electron chi connectivity index (χ4n) is 1.98. The summed E-state index contributed by atoms with van der Waals surface area (Å²) in [7, 11) is 0. The maximum absolute atomic E-state index is 13.0. The lowest BCUT2D eigenvalue weighted by atomic mass is 9.94. The van der Waals surface area contributed by atoms with Gasteiger partial charge >= 0.3 is 5.97 Å². The van der Waals surface area contributed by atoms with E-state index in [2.05, 4.69) is 5.32 Å². The van der Waals surface area contributed by atoms with Gasteiger partial charge in [0.05, 0.1) is 0 Å². The smallest absolute Gasteiger partial charge is 0.329 e. The Kier molecular flexibility index (Phi) is 3.05. The molecule has 0 saturated heterocycles. The Bertz CT molecular complexity index is 431. The van der Waals surface area contributed by atoms with Gasteiger partial charge in [-0.2, -0.15) is 0 Å². The number of rotatable bonds is 5. The molecule has 17 heavy (non-hydrogen) atoms. The number of halogens is 1. The molecule has 2 rings (SSSR count). The van der Waals surface area contributed by atoms with Crippen LogP contribution in [0.1, 0.15) is 26.2 Å². The van der Waals surface area contributed by atoms with Crippen molar-refractivity contribution in [3.63, 3.8) is 0 Å². The molecule has 1 saturated carbocycles. The Morgan fingerprint density at radius 2 is 2.29 bits per heavy atom. The second-order valence-corrected chi connectivity index (χ2v) is 4.92. The second-order valence-electron chi connectivity index (χ2n) is 4.92. The molecule has 1 aliphatic carbocycles. The molecule has 1 aromatic carbocycles.